The van der Waals surface area contributed by atoms with E-state index in [-0.39, 0.29) is 24.0 Å². The Hall–Kier alpha value is -0.380. The monoisotopic (exact) mass is 440 g/mol. The van der Waals surface area contributed by atoms with Crippen LogP contribution in [0.2, 0.25) is 0 Å². The summed E-state index contributed by atoms with van der Waals surface area (Å²) in [4.78, 5) is 7.89. The maximum absolute atomic E-state index is 5.06. The molecule has 5 nitrogen and oxygen atoms in total. The van der Waals surface area contributed by atoms with Crippen LogP contribution in [0, 0.1) is 0 Å². The number of aliphatic imine (C=N–C) groups is 1. The predicted molar refractivity (Wildman–Crippen MR) is 107 cm³/mol. The predicted octanol–water partition coefficient (Wildman–Crippen LogP) is 2.21. The maximum atomic E-state index is 5.06. The van der Waals surface area contributed by atoms with Crippen LogP contribution in [0.25, 0.3) is 0 Å². The van der Waals surface area contributed by atoms with Gasteiger partial charge in [-0.05, 0) is 18.5 Å². The molecule has 0 saturated carbocycles. The highest BCUT2D eigenvalue weighted by Crippen LogP contribution is 2.19. The molecule has 22 heavy (non-hydrogen) atoms. The molecule has 0 saturated heterocycles. The topological polar surface area (TPSA) is 48.9 Å². The molecular weight excluding hydrogens is 411 g/mol. The lowest BCUT2D eigenvalue weighted by Gasteiger charge is -2.18. The first-order valence-corrected chi connectivity index (χ1v) is 8.20. The lowest BCUT2D eigenvalue weighted by atomic mass is 10.1. The molecule has 0 aliphatic carbocycles. The Kier molecular flexibility index (Phi) is 12.9. The van der Waals surface area contributed by atoms with E-state index >= 15 is 0 Å². The molecule has 0 aliphatic heterocycles. The number of ether oxygens (including phenoxy) is 1. The van der Waals surface area contributed by atoms with Gasteiger partial charge in [-0.1, -0.05) is 13.0 Å². The minimum absolute atomic E-state index is 0. The third-order valence-electron chi connectivity index (χ3n) is 3.29. The maximum Gasteiger partial charge on any atom is 0.191 e. The number of hydrogen-bond acceptors (Lipinski definition) is 4. The van der Waals surface area contributed by atoms with Gasteiger partial charge < -0.3 is 20.3 Å². The highest BCUT2D eigenvalue weighted by molar-refractivity contribution is 14.0. The summed E-state index contributed by atoms with van der Waals surface area (Å²) < 4.78 is 5.06. The number of halogens is 1. The van der Waals surface area contributed by atoms with Gasteiger partial charge in [0.1, 0.15) is 0 Å². The summed E-state index contributed by atoms with van der Waals surface area (Å²) in [6, 6.07) is 4.28. The van der Waals surface area contributed by atoms with Crippen LogP contribution < -0.4 is 10.6 Å². The normalized spacial score (nSPS) is 12.9. The van der Waals surface area contributed by atoms with E-state index in [0.29, 0.717) is 5.92 Å². The molecule has 0 radical (unpaired) electrons. The van der Waals surface area contributed by atoms with Crippen LogP contribution in [0.15, 0.2) is 22.5 Å². The molecule has 1 aromatic heterocycles. The minimum Gasteiger partial charge on any atom is -0.383 e. The average Bonchev–Trinajstić information content (AvgIpc) is 3.02. The largest absolute Gasteiger partial charge is 0.383 e. The highest BCUT2D eigenvalue weighted by atomic mass is 127. The number of thiophene rings is 1. The van der Waals surface area contributed by atoms with Crippen molar-refractivity contribution in [3.8, 4) is 0 Å². The zero-order valence-corrected chi connectivity index (χ0v) is 17.1. The van der Waals surface area contributed by atoms with Crippen molar-refractivity contribution in [2.45, 2.75) is 12.8 Å². The van der Waals surface area contributed by atoms with E-state index in [2.05, 4.69) is 52.0 Å². The third kappa shape index (κ3) is 8.92. The molecule has 1 rings (SSSR count). The van der Waals surface area contributed by atoms with Crippen molar-refractivity contribution >= 4 is 41.3 Å². The number of guanidine groups is 1. The Morgan fingerprint density at radius 1 is 1.41 bits per heavy atom. The standard InChI is InChI=1S/C15H28N4OS.HI/c1-13(14-6-5-11-21-14)12-18-15(16-2)17-7-8-19(3)9-10-20-4;/h5-6,11,13H,7-10,12H2,1-4H3,(H2,16,17,18);1H. The summed E-state index contributed by atoms with van der Waals surface area (Å²) in [5, 5.41) is 8.83. The van der Waals surface area contributed by atoms with Crippen LogP contribution in [0.3, 0.4) is 0 Å². The Bertz CT molecular complexity index is 400. The number of rotatable bonds is 9. The summed E-state index contributed by atoms with van der Waals surface area (Å²) >= 11 is 1.80. The molecule has 0 fully saturated rings. The van der Waals surface area contributed by atoms with Crippen molar-refractivity contribution in [2.75, 3.05) is 54.0 Å². The van der Waals surface area contributed by atoms with Crippen LogP contribution in [-0.2, 0) is 4.74 Å². The number of nitrogens with zero attached hydrogens (tertiary/aromatic N) is 2. The van der Waals surface area contributed by atoms with Crippen molar-refractivity contribution in [3.05, 3.63) is 22.4 Å². The van der Waals surface area contributed by atoms with Crippen molar-refractivity contribution in [3.63, 3.8) is 0 Å². The summed E-state index contributed by atoms with van der Waals surface area (Å²) in [6.07, 6.45) is 0. The van der Waals surface area contributed by atoms with Crippen LogP contribution in [0.4, 0.5) is 0 Å². The van der Waals surface area contributed by atoms with Crippen molar-refractivity contribution in [1.29, 1.82) is 0 Å². The van der Waals surface area contributed by atoms with Gasteiger partial charge in [0.25, 0.3) is 0 Å². The lowest BCUT2D eigenvalue weighted by Crippen LogP contribution is -2.42. The molecule has 1 heterocycles. The summed E-state index contributed by atoms with van der Waals surface area (Å²) in [5.41, 5.74) is 0. The van der Waals surface area contributed by atoms with E-state index in [9.17, 15) is 0 Å². The van der Waals surface area contributed by atoms with Crippen LogP contribution in [-0.4, -0.2) is 64.9 Å². The SMILES string of the molecule is CN=C(NCCN(C)CCOC)NCC(C)c1cccs1.I. The number of methoxy groups -OCH3 is 1. The molecule has 1 unspecified atom stereocenters. The van der Waals surface area contributed by atoms with E-state index in [1.54, 1.807) is 25.5 Å². The number of hydrogen-bond donors (Lipinski definition) is 2. The van der Waals surface area contributed by atoms with Gasteiger partial charge in [0, 0.05) is 51.1 Å². The molecule has 0 aliphatic rings. The second-order valence-electron chi connectivity index (χ2n) is 5.09. The third-order valence-corrected chi connectivity index (χ3v) is 4.40. The Balaban J connectivity index is 0.00000441. The lowest BCUT2D eigenvalue weighted by molar-refractivity contribution is 0.162. The zero-order chi connectivity index (χ0) is 15.5. The van der Waals surface area contributed by atoms with Gasteiger partial charge in [-0.3, -0.25) is 4.99 Å². The molecule has 0 aromatic carbocycles. The highest BCUT2D eigenvalue weighted by Gasteiger charge is 2.07. The van der Waals surface area contributed by atoms with Crippen molar-refractivity contribution < 1.29 is 4.74 Å². The molecule has 2 N–H and O–H groups in total. The van der Waals surface area contributed by atoms with E-state index in [1.165, 1.54) is 4.88 Å². The van der Waals surface area contributed by atoms with Gasteiger partial charge in [0.15, 0.2) is 5.96 Å². The average molecular weight is 440 g/mol. The molecule has 7 heteroatoms. The summed E-state index contributed by atoms with van der Waals surface area (Å²) in [5.74, 6) is 1.35. The van der Waals surface area contributed by atoms with Gasteiger partial charge in [0.05, 0.1) is 6.61 Å². The summed E-state index contributed by atoms with van der Waals surface area (Å²) in [6.45, 7) is 6.66. The molecule has 128 valence electrons. The summed E-state index contributed by atoms with van der Waals surface area (Å²) in [7, 11) is 5.63. The first kappa shape index (κ1) is 21.6. The van der Waals surface area contributed by atoms with Crippen LogP contribution in [0.1, 0.15) is 17.7 Å². The number of likely N-dealkylation sites (N-methyl/N-ethyl adjacent to an activating group) is 1. The van der Waals surface area contributed by atoms with Gasteiger partial charge >= 0.3 is 0 Å². The zero-order valence-electron chi connectivity index (χ0n) is 14.0. The fraction of sp³-hybridized carbons (Fsp3) is 0.667. The number of nitrogens with one attached hydrogen (secondary N) is 2. The Morgan fingerprint density at radius 2 is 2.18 bits per heavy atom. The van der Waals surface area contributed by atoms with Crippen LogP contribution >= 0.6 is 35.3 Å². The molecular formula is C15H29IN4OS. The van der Waals surface area contributed by atoms with E-state index in [4.69, 9.17) is 4.74 Å². The van der Waals surface area contributed by atoms with E-state index < -0.39 is 0 Å². The Labute approximate surface area is 155 Å². The molecule has 0 bridgehead atoms. The Morgan fingerprint density at radius 3 is 2.77 bits per heavy atom. The first-order valence-electron chi connectivity index (χ1n) is 7.32. The first-order chi connectivity index (χ1) is 10.2. The molecule has 0 spiro atoms. The van der Waals surface area contributed by atoms with Crippen molar-refractivity contribution in [1.82, 2.24) is 15.5 Å². The molecule has 1 atom stereocenters. The van der Waals surface area contributed by atoms with Gasteiger partial charge in [0.2, 0.25) is 0 Å². The second kappa shape index (κ2) is 13.1. The van der Waals surface area contributed by atoms with Gasteiger partial charge in [-0.2, -0.15) is 0 Å². The second-order valence-corrected chi connectivity index (χ2v) is 6.07. The van der Waals surface area contributed by atoms with E-state index in [0.717, 1.165) is 38.7 Å². The minimum atomic E-state index is 0. The van der Waals surface area contributed by atoms with E-state index in [1.807, 2.05) is 0 Å². The van der Waals surface area contributed by atoms with Crippen LogP contribution in [0.5, 0.6) is 0 Å². The molecule has 1 aromatic rings. The van der Waals surface area contributed by atoms with Gasteiger partial charge in [-0.15, -0.1) is 35.3 Å². The fourth-order valence-corrected chi connectivity index (χ4v) is 2.65. The molecule has 0 amide bonds. The smallest absolute Gasteiger partial charge is 0.191 e. The van der Waals surface area contributed by atoms with Crippen molar-refractivity contribution in [2.24, 2.45) is 4.99 Å². The van der Waals surface area contributed by atoms with Gasteiger partial charge in [-0.25, -0.2) is 0 Å². The quantitative estimate of drug-likeness (QED) is 0.351. The fourth-order valence-electron chi connectivity index (χ4n) is 1.87.